The molecular weight excluding hydrogens is 270 g/mol. The average Bonchev–Trinajstić information content (AvgIpc) is 2.40. The van der Waals surface area contributed by atoms with Gasteiger partial charge in [0, 0.05) is 6.07 Å². The van der Waals surface area contributed by atoms with Crippen LogP contribution in [0.5, 0.6) is 11.5 Å². The van der Waals surface area contributed by atoms with E-state index in [1.807, 2.05) is 0 Å². The summed E-state index contributed by atoms with van der Waals surface area (Å²) in [6, 6.07) is 7.78. The second-order valence-corrected chi connectivity index (χ2v) is 3.76. The summed E-state index contributed by atoms with van der Waals surface area (Å²) in [6.45, 7) is 0. The maximum atomic E-state index is 13.6. The van der Waals surface area contributed by atoms with Crippen LogP contribution in [-0.2, 0) is 0 Å². The van der Waals surface area contributed by atoms with E-state index in [1.54, 1.807) is 6.07 Å². The van der Waals surface area contributed by atoms with Gasteiger partial charge in [-0.15, -0.1) is 0 Å². The number of hydrogen-bond acceptors (Lipinski definition) is 4. The summed E-state index contributed by atoms with van der Waals surface area (Å²) < 4.78 is 31.8. The van der Waals surface area contributed by atoms with E-state index in [0.717, 1.165) is 24.3 Å². The van der Waals surface area contributed by atoms with Crippen molar-refractivity contribution in [3.8, 4) is 17.6 Å². The summed E-state index contributed by atoms with van der Waals surface area (Å²) in [5, 5.41) is 19.2. The summed E-state index contributed by atoms with van der Waals surface area (Å²) in [7, 11) is 0. The van der Waals surface area contributed by atoms with Crippen molar-refractivity contribution in [3.63, 3.8) is 0 Å². The van der Waals surface area contributed by atoms with Crippen LogP contribution in [-0.4, -0.2) is 4.92 Å². The molecule has 0 amide bonds. The van der Waals surface area contributed by atoms with E-state index in [2.05, 4.69) is 0 Å². The Bertz CT molecular complexity index is 726. The van der Waals surface area contributed by atoms with Crippen LogP contribution in [0.1, 0.15) is 5.56 Å². The Balaban J connectivity index is 2.35. The van der Waals surface area contributed by atoms with Gasteiger partial charge < -0.3 is 4.74 Å². The fraction of sp³-hybridized carbons (Fsp3) is 0. The number of non-ortho nitro benzene ring substituents is 1. The van der Waals surface area contributed by atoms with Gasteiger partial charge in [0.1, 0.15) is 11.6 Å². The normalized spacial score (nSPS) is 9.85. The molecule has 7 heteroatoms. The molecule has 0 N–H and O–H groups in total. The molecule has 0 spiro atoms. The zero-order valence-corrected chi connectivity index (χ0v) is 9.84. The molecule has 0 radical (unpaired) electrons. The van der Waals surface area contributed by atoms with Crippen molar-refractivity contribution in [2.45, 2.75) is 0 Å². The highest BCUT2D eigenvalue weighted by Crippen LogP contribution is 2.28. The van der Waals surface area contributed by atoms with Crippen molar-refractivity contribution in [3.05, 3.63) is 63.7 Å². The monoisotopic (exact) mass is 276 g/mol. The van der Waals surface area contributed by atoms with Gasteiger partial charge in [0.15, 0.2) is 11.6 Å². The van der Waals surface area contributed by atoms with Crippen LogP contribution in [0.15, 0.2) is 36.4 Å². The van der Waals surface area contributed by atoms with Crippen molar-refractivity contribution in [2.24, 2.45) is 0 Å². The molecule has 0 unspecified atom stereocenters. The molecular formula is C13H6F2N2O3. The second kappa shape index (κ2) is 5.32. The van der Waals surface area contributed by atoms with Crippen molar-refractivity contribution in [2.75, 3.05) is 0 Å². The quantitative estimate of drug-likeness (QED) is 0.634. The number of ether oxygens (including phenoxy) is 1. The topological polar surface area (TPSA) is 76.2 Å². The zero-order valence-electron chi connectivity index (χ0n) is 9.84. The molecule has 100 valence electrons. The lowest BCUT2D eigenvalue weighted by atomic mass is 10.2. The van der Waals surface area contributed by atoms with E-state index in [9.17, 15) is 18.9 Å². The lowest BCUT2D eigenvalue weighted by Crippen LogP contribution is -1.93. The Morgan fingerprint density at radius 1 is 1.20 bits per heavy atom. The molecule has 0 bridgehead atoms. The number of rotatable bonds is 3. The van der Waals surface area contributed by atoms with Crippen LogP contribution < -0.4 is 4.74 Å². The van der Waals surface area contributed by atoms with E-state index in [0.29, 0.717) is 0 Å². The van der Waals surface area contributed by atoms with Gasteiger partial charge in [-0.3, -0.25) is 10.1 Å². The maximum Gasteiger partial charge on any atom is 0.276 e. The number of nitrogens with zero attached hydrogens (tertiary/aromatic N) is 2. The number of nitro benzene ring substituents is 1. The van der Waals surface area contributed by atoms with Crippen LogP contribution in [0.2, 0.25) is 0 Å². The van der Waals surface area contributed by atoms with Crippen LogP contribution in [0.4, 0.5) is 14.5 Å². The predicted octanol–water partition coefficient (Wildman–Crippen LogP) is 3.54. The van der Waals surface area contributed by atoms with Crippen LogP contribution in [0.25, 0.3) is 0 Å². The zero-order chi connectivity index (χ0) is 14.7. The first-order chi connectivity index (χ1) is 9.49. The predicted molar refractivity (Wildman–Crippen MR) is 64.2 cm³/mol. The first-order valence-corrected chi connectivity index (χ1v) is 5.32. The van der Waals surface area contributed by atoms with Gasteiger partial charge in [0.2, 0.25) is 0 Å². The molecule has 0 atom stereocenters. The Kier molecular flexibility index (Phi) is 3.57. The third-order valence-corrected chi connectivity index (χ3v) is 2.36. The van der Waals surface area contributed by atoms with Crippen molar-refractivity contribution < 1.29 is 18.4 Å². The van der Waals surface area contributed by atoms with Crippen molar-refractivity contribution in [1.82, 2.24) is 0 Å². The molecule has 0 aromatic heterocycles. The highest BCUT2D eigenvalue weighted by Gasteiger charge is 2.13. The van der Waals surface area contributed by atoms with Gasteiger partial charge in [-0.25, -0.2) is 8.78 Å². The Morgan fingerprint density at radius 3 is 2.55 bits per heavy atom. The van der Waals surface area contributed by atoms with Gasteiger partial charge in [-0.05, 0) is 18.2 Å². The summed E-state index contributed by atoms with van der Waals surface area (Å²) in [5.41, 5.74) is -0.408. The fourth-order valence-corrected chi connectivity index (χ4v) is 1.49. The highest BCUT2D eigenvalue weighted by molar-refractivity contribution is 5.43. The molecule has 20 heavy (non-hydrogen) atoms. The van der Waals surface area contributed by atoms with Crippen molar-refractivity contribution in [1.29, 1.82) is 5.26 Å². The number of hydrogen-bond donors (Lipinski definition) is 0. The molecule has 2 aromatic rings. The lowest BCUT2D eigenvalue weighted by Gasteiger charge is -2.07. The van der Waals surface area contributed by atoms with Gasteiger partial charge in [0.05, 0.1) is 28.7 Å². The molecule has 0 heterocycles. The Hall–Kier alpha value is -3.01. The summed E-state index contributed by atoms with van der Waals surface area (Å²) in [5.74, 6) is -2.16. The number of halogens is 2. The molecule has 0 saturated heterocycles. The molecule has 2 rings (SSSR count). The van der Waals surface area contributed by atoms with Crippen LogP contribution in [0, 0.1) is 33.1 Å². The largest absolute Gasteiger partial charge is 0.454 e. The van der Waals surface area contributed by atoms with Crippen LogP contribution >= 0.6 is 0 Å². The van der Waals surface area contributed by atoms with E-state index in [-0.39, 0.29) is 17.1 Å². The summed E-state index contributed by atoms with van der Waals surface area (Å²) >= 11 is 0. The van der Waals surface area contributed by atoms with E-state index >= 15 is 0 Å². The smallest absolute Gasteiger partial charge is 0.276 e. The SMILES string of the molecule is N#Cc1ccc(Oc2cc(F)cc([N+](=O)[O-])c2)c(F)c1. The Labute approximate surface area is 111 Å². The van der Waals surface area contributed by atoms with Crippen molar-refractivity contribution >= 4 is 5.69 Å². The van der Waals surface area contributed by atoms with Gasteiger partial charge >= 0.3 is 0 Å². The summed E-state index contributed by atoms with van der Waals surface area (Å²) in [4.78, 5) is 9.79. The number of nitro groups is 1. The first kappa shape index (κ1) is 13.4. The first-order valence-electron chi connectivity index (χ1n) is 5.32. The third kappa shape index (κ3) is 2.87. The molecule has 0 aliphatic carbocycles. The average molecular weight is 276 g/mol. The minimum atomic E-state index is -0.872. The van der Waals surface area contributed by atoms with Gasteiger partial charge in [0.25, 0.3) is 5.69 Å². The number of benzene rings is 2. The van der Waals surface area contributed by atoms with Gasteiger partial charge in [-0.1, -0.05) is 0 Å². The number of nitriles is 1. The lowest BCUT2D eigenvalue weighted by molar-refractivity contribution is -0.385. The third-order valence-electron chi connectivity index (χ3n) is 2.36. The van der Waals surface area contributed by atoms with E-state index in [1.165, 1.54) is 12.1 Å². The van der Waals surface area contributed by atoms with E-state index in [4.69, 9.17) is 10.00 Å². The fourth-order valence-electron chi connectivity index (χ4n) is 1.49. The molecule has 2 aromatic carbocycles. The maximum absolute atomic E-state index is 13.6. The second-order valence-electron chi connectivity index (χ2n) is 3.76. The van der Waals surface area contributed by atoms with Gasteiger partial charge in [-0.2, -0.15) is 5.26 Å². The minimum absolute atomic E-state index is 0.0973. The summed E-state index contributed by atoms with van der Waals surface area (Å²) in [6.07, 6.45) is 0. The Morgan fingerprint density at radius 2 is 1.95 bits per heavy atom. The van der Waals surface area contributed by atoms with Crippen LogP contribution in [0.3, 0.4) is 0 Å². The molecule has 0 fully saturated rings. The molecule has 0 aliphatic heterocycles. The molecule has 0 saturated carbocycles. The van der Waals surface area contributed by atoms with E-state index < -0.39 is 22.2 Å². The molecule has 5 nitrogen and oxygen atoms in total. The molecule has 0 aliphatic rings. The standard InChI is InChI=1S/C13H6F2N2O3/c14-9-4-10(17(18)19)6-11(5-9)20-13-2-1-8(7-16)3-12(13)15/h1-6H. The minimum Gasteiger partial charge on any atom is -0.454 e. The highest BCUT2D eigenvalue weighted by atomic mass is 19.1.